The van der Waals surface area contributed by atoms with Crippen molar-refractivity contribution in [1.29, 1.82) is 0 Å². The first-order chi connectivity index (χ1) is 4.83. The van der Waals surface area contributed by atoms with E-state index >= 15 is 0 Å². The van der Waals surface area contributed by atoms with Crippen molar-refractivity contribution in [1.82, 2.24) is 0 Å². The summed E-state index contributed by atoms with van der Waals surface area (Å²) in [5.74, 6) is 0. The maximum atomic E-state index is 11.5. The summed E-state index contributed by atoms with van der Waals surface area (Å²) < 4.78 is 11.5. The summed E-state index contributed by atoms with van der Waals surface area (Å²) in [6.45, 7) is 0. The van der Waals surface area contributed by atoms with Crippen molar-refractivity contribution in [3.63, 3.8) is 0 Å². The van der Waals surface area contributed by atoms with Crippen LogP contribution >= 0.6 is 11.6 Å². The third-order valence-electron chi connectivity index (χ3n) is 1.07. The highest BCUT2D eigenvalue weighted by molar-refractivity contribution is 6.30. The van der Waals surface area contributed by atoms with Crippen LogP contribution in [0.5, 0.6) is 0 Å². The fourth-order valence-electron chi connectivity index (χ4n) is 0.659. The molecule has 0 aromatic heterocycles. The molecule has 0 bridgehead atoms. The van der Waals surface area contributed by atoms with Crippen LogP contribution in [0.15, 0.2) is 24.3 Å². The zero-order valence-corrected chi connectivity index (χ0v) is 5.90. The Labute approximate surface area is 63.9 Å². The zero-order valence-electron chi connectivity index (χ0n) is 5.14. The molecular formula is C8H5ClF. The average Bonchev–Trinajstić information content (AvgIpc) is 1.88. The molecule has 1 rings (SSSR count). The molecule has 2 heteroatoms. The van der Waals surface area contributed by atoms with Crippen molar-refractivity contribution in [2.24, 2.45) is 0 Å². The third kappa shape index (κ3) is 1.85. The normalized spacial score (nSPS) is 10.6. The van der Waals surface area contributed by atoms with E-state index < -0.39 is 0 Å². The molecular weight excluding hydrogens is 151 g/mol. The zero-order chi connectivity index (χ0) is 7.40. The van der Waals surface area contributed by atoms with Crippen molar-refractivity contribution >= 4 is 17.7 Å². The van der Waals surface area contributed by atoms with Crippen LogP contribution in [0.25, 0.3) is 6.08 Å². The molecule has 0 saturated heterocycles. The van der Waals surface area contributed by atoms with Gasteiger partial charge in [0.15, 0.2) is 6.33 Å². The van der Waals surface area contributed by atoms with E-state index in [9.17, 15) is 4.39 Å². The van der Waals surface area contributed by atoms with Gasteiger partial charge in [-0.2, -0.15) is 0 Å². The van der Waals surface area contributed by atoms with Gasteiger partial charge in [0.1, 0.15) is 0 Å². The lowest BCUT2D eigenvalue weighted by Crippen LogP contribution is -1.68. The first-order valence-electron chi connectivity index (χ1n) is 2.78. The lowest BCUT2D eigenvalue weighted by atomic mass is 10.2. The number of hydrogen-bond acceptors (Lipinski definition) is 0. The molecule has 0 nitrogen and oxygen atoms in total. The molecule has 0 saturated carbocycles. The molecule has 1 radical (unpaired) electrons. The van der Waals surface area contributed by atoms with Crippen LogP contribution in [0.2, 0.25) is 5.02 Å². The topological polar surface area (TPSA) is 0 Å². The van der Waals surface area contributed by atoms with Gasteiger partial charge in [0.25, 0.3) is 0 Å². The first-order valence-corrected chi connectivity index (χ1v) is 3.15. The van der Waals surface area contributed by atoms with Crippen LogP contribution in [0.4, 0.5) is 4.39 Å². The molecule has 0 N–H and O–H groups in total. The van der Waals surface area contributed by atoms with Gasteiger partial charge >= 0.3 is 0 Å². The fraction of sp³-hybridized carbons (Fsp3) is 0. The van der Waals surface area contributed by atoms with Gasteiger partial charge in [0.2, 0.25) is 0 Å². The van der Waals surface area contributed by atoms with Gasteiger partial charge in [-0.05, 0) is 23.8 Å². The van der Waals surface area contributed by atoms with Gasteiger partial charge in [0, 0.05) is 5.02 Å². The minimum atomic E-state index is 0.601. The SMILES string of the molecule is F[C]=Cc1cccc(Cl)c1. The second-order valence-electron chi connectivity index (χ2n) is 1.81. The van der Waals surface area contributed by atoms with Gasteiger partial charge in [-0.1, -0.05) is 23.7 Å². The van der Waals surface area contributed by atoms with Crippen LogP contribution < -0.4 is 0 Å². The predicted octanol–water partition coefficient (Wildman–Crippen LogP) is 3.08. The molecule has 0 heterocycles. The molecule has 0 atom stereocenters. The molecule has 0 unspecified atom stereocenters. The second-order valence-corrected chi connectivity index (χ2v) is 2.24. The Bertz CT molecular complexity index is 243. The van der Waals surface area contributed by atoms with Crippen LogP contribution in [-0.4, -0.2) is 0 Å². The summed E-state index contributed by atoms with van der Waals surface area (Å²) in [4.78, 5) is 0. The Hall–Kier alpha value is -0.820. The van der Waals surface area contributed by atoms with E-state index in [4.69, 9.17) is 11.6 Å². The summed E-state index contributed by atoms with van der Waals surface area (Å²) in [6.07, 6.45) is 2.66. The van der Waals surface area contributed by atoms with Crippen LogP contribution in [0, 0.1) is 6.33 Å². The smallest absolute Gasteiger partial charge is 0.159 e. The average molecular weight is 156 g/mol. The molecule has 1 aromatic carbocycles. The number of halogens is 2. The van der Waals surface area contributed by atoms with Crippen LogP contribution in [0.3, 0.4) is 0 Å². The Balaban J connectivity index is 2.95. The van der Waals surface area contributed by atoms with Crippen molar-refractivity contribution in [2.45, 2.75) is 0 Å². The number of hydrogen-bond donors (Lipinski definition) is 0. The van der Waals surface area contributed by atoms with Gasteiger partial charge in [-0.25, -0.2) is 4.39 Å². The van der Waals surface area contributed by atoms with Crippen LogP contribution in [0.1, 0.15) is 5.56 Å². The summed E-state index contributed by atoms with van der Waals surface area (Å²) in [5, 5.41) is 0.601. The molecule has 10 heavy (non-hydrogen) atoms. The third-order valence-corrected chi connectivity index (χ3v) is 1.30. The highest BCUT2D eigenvalue weighted by Crippen LogP contribution is 2.11. The largest absolute Gasteiger partial charge is 0.204 e. The summed E-state index contributed by atoms with van der Waals surface area (Å²) in [6, 6.07) is 6.90. The van der Waals surface area contributed by atoms with E-state index in [0.29, 0.717) is 5.02 Å². The van der Waals surface area contributed by atoms with E-state index in [1.165, 1.54) is 12.4 Å². The van der Waals surface area contributed by atoms with Gasteiger partial charge < -0.3 is 0 Å². The summed E-state index contributed by atoms with van der Waals surface area (Å²) >= 11 is 5.61. The maximum absolute atomic E-state index is 11.5. The summed E-state index contributed by atoms with van der Waals surface area (Å²) in [7, 11) is 0. The quantitative estimate of drug-likeness (QED) is 0.585. The first kappa shape index (κ1) is 7.29. The lowest BCUT2D eigenvalue weighted by Gasteiger charge is -1.90. The van der Waals surface area contributed by atoms with E-state index in [1.54, 1.807) is 24.3 Å². The molecule has 0 aliphatic carbocycles. The Morgan fingerprint density at radius 3 is 2.90 bits per heavy atom. The molecule has 51 valence electrons. The van der Waals surface area contributed by atoms with E-state index in [0.717, 1.165) is 5.56 Å². The highest BCUT2D eigenvalue weighted by Gasteiger charge is 1.87. The molecule has 1 aromatic rings. The van der Waals surface area contributed by atoms with Gasteiger partial charge in [-0.3, -0.25) is 0 Å². The number of benzene rings is 1. The van der Waals surface area contributed by atoms with E-state index in [2.05, 4.69) is 0 Å². The second kappa shape index (κ2) is 3.37. The molecule has 0 spiro atoms. The van der Waals surface area contributed by atoms with E-state index in [1.807, 2.05) is 0 Å². The standard InChI is InChI=1S/C8H5ClF/c9-8-3-1-2-7(6-8)4-5-10/h1-4,6H. The monoisotopic (exact) mass is 155 g/mol. The molecule has 0 aliphatic heterocycles. The van der Waals surface area contributed by atoms with Crippen molar-refractivity contribution in [3.8, 4) is 0 Å². The highest BCUT2D eigenvalue weighted by atomic mass is 35.5. The molecule has 0 aliphatic rings. The van der Waals surface area contributed by atoms with Gasteiger partial charge in [0.05, 0.1) is 0 Å². The minimum Gasteiger partial charge on any atom is -0.204 e. The minimum absolute atomic E-state index is 0.601. The maximum Gasteiger partial charge on any atom is 0.159 e. The van der Waals surface area contributed by atoms with Crippen molar-refractivity contribution in [2.75, 3.05) is 0 Å². The Morgan fingerprint density at radius 2 is 2.30 bits per heavy atom. The van der Waals surface area contributed by atoms with E-state index in [-0.39, 0.29) is 0 Å². The van der Waals surface area contributed by atoms with Crippen LogP contribution in [-0.2, 0) is 0 Å². The molecule has 0 amide bonds. The number of rotatable bonds is 1. The Kier molecular flexibility index (Phi) is 2.46. The van der Waals surface area contributed by atoms with Gasteiger partial charge in [-0.15, -0.1) is 0 Å². The lowest BCUT2D eigenvalue weighted by molar-refractivity contribution is 0.691. The summed E-state index contributed by atoms with van der Waals surface area (Å²) in [5.41, 5.74) is 0.718. The van der Waals surface area contributed by atoms with Crippen molar-refractivity contribution in [3.05, 3.63) is 41.2 Å². The predicted molar refractivity (Wildman–Crippen MR) is 40.3 cm³/mol. The fourth-order valence-corrected chi connectivity index (χ4v) is 0.858. The van der Waals surface area contributed by atoms with Crippen molar-refractivity contribution < 1.29 is 4.39 Å². The molecule has 0 fully saturated rings. The Morgan fingerprint density at radius 1 is 1.50 bits per heavy atom.